The highest BCUT2D eigenvalue weighted by atomic mass is 35.5. The van der Waals surface area contributed by atoms with Crippen molar-refractivity contribution < 1.29 is 19.5 Å². The molecule has 1 heterocycles. The molecule has 2 N–H and O–H groups in total. The minimum atomic E-state index is -0.241. The van der Waals surface area contributed by atoms with E-state index >= 15 is 0 Å². The molecule has 1 aliphatic heterocycles. The largest absolute Gasteiger partial charge is 0.870 e. The van der Waals surface area contributed by atoms with Gasteiger partial charge in [-0.3, -0.25) is 9.69 Å². The van der Waals surface area contributed by atoms with Crippen molar-refractivity contribution >= 4 is 23.7 Å². The molecule has 0 spiro atoms. The normalized spacial score (nSPS) is 15.4. The van der Waals surface area contributed by atoms with Gasteiger partial charge < -0.3 is 14.7 Å². The molecule has 2 aromatic carbocycles. The van der Waals surface area contributed by atoms with Crippen LogP contribution in [0.5, 0.6) is 11.5 Å². The molecular formula is C22H27ClN4O3. The minimum Gasteiger partial charge on any atom is -0.870 e. The Morgan fingerprint density at radius 3 is 2.77 bits per heavy atom. The number of benzene rings is 2. The Balaban J connectivity index is 1.42. The first-order valence-corrected chi connectivity index (χ1v) is 10.5. The lowest BCUT2D eigenvalue weighted by atomic mass is 10.2. The van der Waals surface area contributed by atoms with Gasteiger partial charge in [-0.2, -0.15) is 5.10 Å². The lowest BCUT2D eigenvalue weighted by Crippen LogP contribution is -3.13. The first kappa shape index (κ1) is 22.1. The van der Waals surface area contributed by atoms with Crippen LogP contribution in [0, 0.1) is 0 Å². The molecule has 3 rings (SSSR count). The Labute approximate surface area is 181 Å². The van der Waals surface area contributed by atoms with Crippen molar-refractivity contribution in [3.63, 3.8) is 0 Å². The van der Waals surface area contributed by atoms with Crippen LogP contribution in [-0.4, -0.2) is 56.4 Å². The molecule has 1 saturated heterocycles. The Bertz CT molecular complexity index is 882. The van der Waals surface area contributed by atoms with Gasteiger partial charge in [0.05, 0.1) is 32.5 Å². The summed E-state index contributed by atoms with van der Waals surface area (Å²) in [6.07, 6.45) is 1.36. The standard InChI is InChI=1S/C22H27ClN4O3/c1-2-30-20-9-5-7-17(22(20)29)14-24-25-21(28)16-27-12-10-26(11-13-27)15-18-6-3-4-8-19(18)23/h3-9,14,29H,2,10-13,15-16H2,1H3,(H,25,28). The monoisotopic (exact) mass is 430 g/mol. The van der Waals surface area contributed by atoms with Gasteiger partial charge >= 0.3 is 0 Å². The zero-order chi connectivity index (χ0) is 21.3. The van der Waals surface area contributed by atoms with Crippen LogP contribution in [0.15, 0.2) is 47.6 Å². The third-order valence-corrected chi connectivity index (χ3v) is 5.40. The zero-order valence-corrected chi connectivity index (χ0v) is 17.8. The molecule has 1 aliphatic rings. The molecule has 30 heavy (non-hydrogen) atoms. The van der Waals surface area contributed by atoms with Crippen molar-refractivity contribution in [3.05, 3.63) is 58.6 Å². The number of hydrazone groups is 1. The first-order valence-electron chi connectivity index (χ1n) is 10.1. The summed E-state index contributed by atoms with van der Waals surface area (Å²) in [6, 6.07) is 12.9. The number of para-hydroxylation sites is 1. The van der Waals surface area contributed by atoms with E-state index in [4.69, 9.17) is 16.3 Å². The summed E-state index contributed by atoms with van der Waals surface area (Å²) < 4.78 is 5.28. The Hall–Kier alpha value is -2.61. The number of hydrogen-bond acceptors (Lipinski definition) is 5. The second-order valence-corrected chi connectivity index (χ2v) is 7.60. The number of piperazine rings is 1. The fourth-order valence-corrected chi connectivity index (χ4v) is 3.63. The van der Waals surface area contributed by atoms with E-state index < -0.39 is 0 Å². The number of nitrogens with zero attached hydrogens (tertiary/aromatic N) is 2. The van der Waals surface area contributed by atoms with Gasteiger partial charge in [-0.25, -0.2) is 5.43 Å². The van der Waals surface area contributed by atoms with Crippen LogP contribution < -0.4 is 20.2 Å². The molecule has 0 atom stereocenters. The predicted octanol–water partition coefficient (Wildman–Crippen LogP) is 0.663. The van der Waals surface area contributed by atoms with Crippen molar-refractivity contribution in [1.29, 1.82) is 0 Å². The van der Waals surface area contributed by atoms with Crippen LogP contribution in [0.4, 0.5) is 0 Å². The molecule has 160 valence electrons. The third kappa shape index (κ3) is 6.19. The molecule has 0 aromatic heterocycles. The van der Waals surface area contributed by atoms with E-state index in [0.29, 0.717) is 12.2 Å². The molecule has 1 amide bonds. The maximum absolute atomic E-state index is 12.2. The van der Waals surface area contributed by atoms with Crippen LogP contribution >= 0.6 is 11.6 Å². The lowest BCUT2D eigenvalue weighted by Gasteiger charge is -2.31. The van der Waals surface area contributed by atoms with Crippen LogP contribution in [0.3, 0.4) is 0 Å². The maximum atomic E-state index is 12.2. The van der Waals surface area contributed by atoms with Gasteiger partial charge in [-0.05, 0) is 24.6 Å². The molecule has 0 radical (unpaired) electrons. The number of hydrogen-bond donors (Lipinski definition) is 2. The van der Waals surface area contributed by atoms with E-state index in [0.717, 1.165) is 43.3 Å². The molecule has 0 unspecified atom stereocenters. The van der Waals surface area contributed by atoms with Crippen LogP contribution in [0.2, 0.25) is 5.02 Å². The fourth-order valence-electron chi connectivity index (χ4n) is 3.43. The molecular weight excluding hydrogens is 404 g/mol. The van der Waals surface area contributed by atoms with Gasteiger partial charge in [0.15, 0.2) is 0 Å². The Kier molecular flexibility index (Phi) is 8.07. The van der Waals surface area contributed by atoms with Gasteiger partial charge in [-0.1, -0.05) is 47.7 Å². The highest BCUT2D eigenvalue weighted by molar-refractivity contribution is 6.31. The minimum absolute atomic E-state index is 0.200. The van der Waals surface area contributed by atoms with Crippen LogP contribution in [-0.2, 0) is 11.3 Å². The second kappa shape index (κ2) is 11.0. The van der Waals surface area contributed by atoms with Gasteiger partial charge in [0.2, 0.25) is 0 Å². The van der Waals surface area contributed by atoms with Gasteiger partial charge in [0.1, 0.15) is 12.3 Å². The number of quaternary nitrogens is 1. The predicted molar refractivity (Wildman–Crippen MR) is 115 cm³/mol. The average molecular weight is 431 g/mol. The van der Waals surface area contributed by atoms with E-state index in [1.807, 2.05) is 25.1 Å². The number of amides is 1. The Morgan fingerprint density at radius 1 is 1.27 bits per heavy atom. The third-order valence-electron chi connectivity index (χ3n) is 5.03. The fraction of sp³-hybridized carbons (Fsp3) is 0.364. The number of carbonyl (C=O) groups is 1. The summed E-state index contributed by atoms with van der Waals surface area (Å²) in [5.74, 6) is -0.158. The highest BCUT2D eigenvalue weighted by Gasteiger charge is 2.22. The molecule has 7 nitrogen and oxygen atoms in total. The first-order chi connectivity index (χ1) is 14.6. The lowest BCUT2D eigenvalue weighted by molar-refractivity contribution is -0.918. The highest BCUT2D eigenvalue weighted by Crippen LogP contribution is 2.25. The van der Waals surface area contributed by atoms with Crippen LogP contribution in [0.1, 0.15) is 18.1 Å². The SMILES string of the molecule is CCOc1cccc(C=NNC(=O)CN2CC[NH+](Cc3ccccc3Cl)CC2)c1[O-]. The maximum Gasteiger partial charge on any atom is 0.254 e. The van der Waals surface area contributed by atoms with Crippen molar-refractivity contribution in [2.75, 3.05) is 39.3 Å². The van der Waals surface area contributed by atoms with E-state index in [9.17, 15) is 9.90 Å². The zero-order valence-electron chi connectivity index (χ0n) is 17.1. The van der Waals surface area contributed by atoms with Crippen molar-refractivity contribution in [3.8, 4) is 11.5 Å². The quantitative estimate of drug-likeness (QED) is 0.476. The summed E-state index contributed by atoms with van der Waals surface area (Å²) in [4.78, 5) is 15.7. The number of halogens is 1. The number of carbonyl (C=O) groups excluding carboxylic acids is 1. The van der Waals surface area contributed by atoms with Crippen LogP contribution in [0.25, 0.3) is 0 Å². The molecule has 2 aromatic rings. The van der Waals surface area contributed by atoms with Gasteiger partial charge in [0, 0.05) is 23.7 Å². The topological polar surface area (TPSA) is 81.4 Å². The van der Waals surface area contributed by atoms with Crippen molar-refractivity contribution in [1.82, 2.24) is 10.3 Å². The average Bonchev–Trinajstić information content (AvgIpc) is 2.74. The van der Waals surface area contributed by atoms with Gasteiger partial charge in [-0.15, -0.1) is 0 Å². The van der Waals surface area contributed by atoms with E-state index in [1.165, 1.54) is 11.1 Å². The summed E-state index contributed by atoms with van der Waals surface area (Å²) in [6.45, 7) is 6.97. The number of rotatable bonds is 8. The summed E-state index contributed by atoms with van der Waals surface area (Å²) in [5.41, 5.74) is 4.03. The van der Waals surface area contributed by atoms with Crippen molar-refractivity contribution in [2.45, 2.75) is 13.5 Å². The smallest absolute Gasteiger partial charge is 0.254 e. The molecule has 1 fully saturated rings. The summed E-state index contributed by atoms with van der Waals surface area (Å²) in [7, 11) is 0. The van der Waals surface area contributed by atoms with E-state index in [2.05, 4.69) is 21.5 Å². The molecule has 8 heteroatoms. The van der Waals surface area contributed by atoms with Crippen molar-refractivity contribution in [2.24, 2.45) is 5.10 Å². The summed E-state index contributed by atoms with van der Waals surface area (Å²) in [5, 5.41) is 16.9. The number of nitrogens with one attached hydrogen (secondary N) is 2. The summed E-state index contributed by atoms with van der Waals surface area (Å²) >= 11 is 6.25. The molecule has 0 bridgehead atoms. The molecule has 0 saturated carbocycles. The Morgan fingerprint density at radius 2 is 2.03 bits per heavy atom. The van der Waals surface area contributed by atoms with E-state index in [-0.39, 0.29) is 24.0 Å². The number of ether oxygens (including phenoxy) is 1. The van der Waals surface area contributed by atoms with E-state index in [1.54, 1.807) is 18.2 Å². The van der Waals surface area contributed by atoms with Gasteiger partial charge in [0.25, 0.3) is 5.91 Å². The second-order valence-electron chi connectivity index (χ2n) is 7.20. The molecule has 0 aliphatic carbocycles.